The van der Waals surface area contributed by atoms with Crippen molar-refractivity contribution >= 4 is 28.0 Å². The lowest BCUT2D eigenvalue weighted by Crippen LogP contribution is -2.32. The predicted molar refractivity (Wildman–Crippen MR) is 145 cm³/mol. The molecule has 2 heterocycles. The predicted octanol–water partition coefficient (Wildman–Crippen LogP) is 6.13. The monoisotopic (exact) mass is 508 g/mol. The Morgan fingerprint density at radius 1 is 1.08 bits per heavy atom. The normalized spacial score (nSPS) is 16.2. The van der Waals surface area contributed by atoms with Gasteiger partial charge in [-0.15, -0.1) is 11.3 Å². The zero-order valence-electron chi connectivity index (χ0n) is 20.7. The fraction of sp³-hybridized carbons (Fsp3) is 0.414. The first kappa shape index (κ1) is 26.4. The summed E-state index contributed by atoms with van der Waals surface area (Å²) in [7, 11) is 0. The number of carbonyl (C=O) groups excluding carboxylic acids is 1. The first-order valence-electron chi connectivity index (χ1n) is 12.9. The number of fused-ring (bicyclic) bond motifs is 1. The highest BCUT2D eigenvalue weighted by atomic mass is 32.1. The van der Waals surface area contributed by atoms with Gasteiger partial charge in [0.05, 0.1) is 0 Å². The highest BCUT2D eigenvalue weighted by molar-refractivity contribution is 7.09. The lowest BCUT2D eigenvalue weighted by atomic mass is 10.1. The van der Waals surface area contributed by atoms with Crippen molar-refractivity contribution in [2.45, 2.75) is 57.8 Å². The number of ether oxygens (including phenoxy) is 2. The van der Waals surface area contributed by atoms with Gasteiger partial charge in [-0.2, -0.15) is 0 Å². The zero-order chi connectivity index (χ0) is 24.8. The van der Waals surface area contributed by atoms with Gasteiger partial charge in [-0.1, -0.05) is 48.5 Å². The minimum absolute atomic E-state index is 0.0923. The molecule has 0 aliphatic carbocycles. The molecule has 1 amide bonds. The van der Waals surface area contributed by atoms with Crippen LogP contribution in [-0.4, -0.2) is 32.0 Å². The third-order valence-electron chi connectivity index (χ3n) is 6.13. The summed E-state index contributed by atoms with van der Waals surface area (Å²) >= 11 is 1.76. The number of rotatable bonds is 14. The first-order chi connectivity index (χ1) is 17.8. The van der Waals surface area contributed by atoms with Crippen molar-refractivity contribution in [3.8, 4) is 5.75 Å². The number of carbonyl (C=O) groups is 1. The summed E-state index contributed by atoms with van der Waals surface area (Å²) in [6.45, 7) is 2.83. The molecule has 7 heteroatoms. The highest BCUT2D eigenvalue weighted by Crippen LogP contribution is 2.25. The number of hydrogen-bond donors (Lipinski definition) is 2. The molecule has 1 aromatic heterocycles. The molecular formula is C29H36N2O4S. The van der Waals surface area contributed by atoms with Crippen molar-refractivity contribution in [1.82, 2.24) is 10.8 Å². The summed E-state index contributed by atoms with van der Waals surface area (Å²) in [5.74, 6) is 0.807. The first-order valence-corrected chi connectivity index (χ1v) is 13.7. The smallest absolute Gasteiger partial charge is 0.243 e. The van der Waals surface area contributed by atoms with Gasteiger partial charge < -0.3 is 14.8 Å². The number of benzene rings is 2. The van der Waals surface area contributed by atoms with E-state index < -0.39 is 0 Å². The number of thiophene rings is 1. The van der Waals surface area contributed by atoms with Crippen molar-refractivity contribution < 1.29 is 19.1 Å². The molecule has 0 bridgehead atoms. The van der Waals surface area contributed by atoms with Gasteiger partial charge in [0, 0.05) is 42.8 Å². The summed E-state index contributed by atoms with van der Waals surface area (Å²) in [6.07, 6.45) is 7.96. The van der Waals surface area contributed by atoms with E-state index in [2.05, 4.69) is 52.6 Å². The molecule has 4 rings (SSSR count). The van der Waals surface area contributed by atoms with E-state index in [0.717, 1.165) is 62.8 Å². The Balaban J connectivity index is 1.23. The zero-order valence-corrected chi connectivity index (χ0v) is 21.6. The topological polar surface area (TPSA) is 68.8 Å². The van der Waals surface area contributed by atoms with Crippen LogP contribution in [0, 0.1) is 0 Å². The maximum atomic E-state index is 12.1. The Morgan fingerprint density at radius 3 is 2.86 bits per heavy atom. The summed E-state index contributed by atoms with van der Waals surface area (Å²) in [5.41, 5.74) is 3.75. The van der Waals surface area contributed by atoms with E-state index in [1.54, 1.807) is 11.3 Å². The van der Waals surface area contributed by atoms with Crippen molar-refractivity contribution in [3.05, 3.63) is 76.5 Å². The molecule has 192 valence electrons. The Hall–Kier alpha value is -2.71. The largest absolute Gasteiger partial charge is 0.489 e. The maximum absolute atomic E-state index is 12.1. The summed E-state index contributed by atoms with van der Waals surface area (Å²) < 4.78 is 11.7. The number of unbranched alkanes of at least 4 members (excludes halogenated alkanes) is 2. The highest BCUT2D eigenvalue weighted by Gasteiger charge is 2.15. The standard InChI is InChI=1S/C29H36N2O4S/c32-28(31-35-29-17-6-7-18-33-29)16-3-1-2-10-23(20-30-21-25-13-9-19-36-25)22-34-27-15-8-12-24-11-4-5-14-26(24)27/h4-5,8-15,19,29-30H,1-3,6-7,16-18,20-22H2,(H,31,32)/b23-10-. The van der Waals surface area contributed by atoms with Crippen LogP contribution < -0.4 is 15.5 Å². The van der Waals surface area contributed by atoms with Gasteiger partial charge in [0.1, 0.15) is 12.4 Å². The van der Waals surface area contributed by atoms with Gasteiger partial charge in [-0.05, 0) is 60.6 Å². The van der Waals surface area contributed by atoms with E-state index in [4.69, 9.17) is 14.3 Å². The third kappa shape index (κ3) is 8.75. The van der Waals surface area contributed by atoms with Gasteiger partial charge in [-0.25, -0.2) is 10.3 Å². The van der Waals surface area contributed by atoms with Gasteiger partial charge in [-0.3, -0.25) is 4.79 Å². The second-order valence-electron chi connectivity index (χ2n) is 9.00. The van der Waals surface area contributed by atoms with Crippen LogP contribution in [0.25, 0.3) is 10.8 Å². The van der Waals surface area contributed by atoms with E-state index in [9.17, 15) is 4.79 Å². The van der Waals surface area contributed by atoms with Crippen molar-refractivity contribution in [2.24, 2.45) is 0 Å². The SMILES string of the molecule is O=C(CCCC/C=C(/CNCc1cccs1)COc1cccc2ccccc12)NOC1CCCCO1. The Bertz CT molecular complexity index is 1090. The van der Waals surface area contributed by atoms with Gasteiger partial charge >= 0.3 is 0 Å². The number of hydrogen-bond acceptors (Lipinski definition) is 6. The van der Waals surface area contributed by atoms with Gasteiger partial charge in [0.15, 0.2) is 6.29 Å². The second kappa shape index (κ2) is 14.8. The molecule has 36 heavy (non-hydrogen) atoms. The Kier molecular flexibility index (Phi) is 10.8. The van der Waals surface area contributed by atoms with Crippen molar-refractivity contribution in [3.63, 3.8) is 0 Å². The molecule has 2 aromatic carbocycles. The molecule has 3 aromatic rings. The molecule has 1 aliphatic rings. The van der Waals surface area contributed by atoms with Crippen LogP contribution in [-0.2, 0) is 20.9 Å². The van der Waals surface area contributed by atoms with Crippen LogP contribution in [0.5, 0.6) is 5.75 Å². The third-order valence-corrected chi connectivity index (χ3v) is 7.00. The maximum Gasteiger partial charge on any atom is 0.243 e. The molecule has 0 radical (unpaired) electrons. The molecule has 1 aliphatic heterocycles. The molecule has 0 saturated carbocycles. The Morgan fingerprint density at radius 2 is 2.00 bits per heavy atom. The molecule has 1 unspecified atom stereocenters. The van der Waals surface area contributed by atoms with E-state index >= 15 is 0 Å². The van der Waals surface area contributed by atoms with E-state index in [1.807, 2.05) is 24.3 Å². The molecule has 1 saturated heterocycles. The Labute approximate surface area is 217 Å². The van der Waals surface area contributed by atoms with E-state index in [0.29, 0.717) is 19.6 Å². The van der Waals surface area contributed by atoms with Crippen LogP contribution in [0.3, 0.4) is 0 Å². The van der Waals surface area contributed by atoms with Crippen LogP contribution in [0.1, 0.15) is 49.8 Å². The number of allylic oxidation sites excluding steroid dienone is 1. The number of nitrogens with one attached hydrogen (secondary N) is 2. The van der Waals surface area contributed by atoms with Crippen molar-refractivity contribution in [2.75, 3.05) is 19.8 Å². The average molecular weight is 509 g/mol. The summed E-state index contributed by atoms with van der Waals surface area (Å²) in [4.78, 5) is 18.7. The fourth-order valence-electron chi connectivity index (χ4n) is 4.16. The molecule has 6 nitrogen and oxygen atoms in total. The van der Waals surface area contributed by atoms with Crippen molar-refractivity contribution in [1.29, 1.82) is 0 Å². The fourth-order valence-corrected chi connectivity index (χ4v) is 4.83. The minimum atomic E-state index is -0.309. The number of amides is 1. The lowest BCUT2D eigenvalue weighted by Gasteiger charge is -2.22. The van der Waals surface area contributed by atoms with Gasteiger partial charge in [0.2, 0.25) is 5.91 Å². The second-order valence-corrected chi connectivity index (χ2v) is 10.0. The van der Waals surface area contributed by atoms with Crippen LogP contribution in [0.15, 0.2) is 71.6 Å². The lowest BCUT2D eigenvalue weighted by molar-refractivity contribution is -0.200. The van der Waals surface area contributed by atoms with Crippen LogP contribution in [0.4, 0.5) is 0 Å². The minimum Gasteiger partial charge on any atom is -0.489 e. The molecule has 0 spiro atoms. The van der Waals surface area contributed by atoms with Crippen LogP contribution >= 0.6 is 11.3 Å². The quantitative estimate of drug-likeness (QED) is 0.156. The summed E-state index contributed by atoms with van der Waals surface area (Å²) in [6, 6.07) is 18.7. The number of hydroxylamine groups is 1. The molecule has 1 atom stereocenters. The average Bonchev–Trinajstić information content (AvgIpc) is 3.44. The van der Waals surface area contributed by atoms with Crippen LogP contribution in [0.2, 0.25) is 0 Å². The van der Waals surface area contributed by atoms with Gasteiger partial charge in [0.25, 0.3) is 0 Å². The van der Waals surface area contributed by atoms with E-state index in [1.165, 1.54) is 15.8 Å². The molecule has 2 N–H and O–H groups in total. The molecular weight excluding hydrogens is 472 g/mol. The summed E-state index contributed by atoms with van der Waals surface area (Å²) in [5, 5.41) is 7.93. The van der Waals surface area contributed by atoms with E-state index in [-0.39, 0.29) is 12.2 Å². The molecule has 1 fully saturated rings.